The largest absolute Gasteiger partial charge is 0.465 e. The fourth-order valence-electron chi connectivity index (χ4n) is 1.68. The molecule has 0 aromatic rings. The van der Waals surface area contributed by atoms with Gasteiger partial charge in [0, 0.05) is 6.42 Å². The van der Waals surface area contributed by atoms with Gasteiger partial charge in [-0.3, -0.25) is 4.79 Å². The second-order valence-corrected chi connectivity index (χ2v) is 4.23. The zero-order valence-corrected chi connectivity index (χ0v) is 8.17. The van der Waals surface area contributed by atoms with Gasteiger partial charge in [0.1, 0.15) is 0 Å². The van der Waals surface area contributed by atoms with Crippen LogP contribution in [0.5, 0.6) is 0 Å². The van der Waals surface area contributed by atoms with E-state index in [1.54, 1.807) is 0 Å². The standard InChI is InChI=1S/C10H18O2/c1-7(2)9-4-8(3)6-12-10(11)5-9/h7-9H,4-6H2,1-3H3. The van der Waals surface area contributed by atoms with Crippen molar-refractivity contribution >= 4 is 5.97 Å². The monoisotopic (exact) mass is 170 g/mol. The molecule has 70 valence electrons. The van der Waals surface area contributed by atoms with Gasteiger partial charge in [-0.05, 0) is 24.2 Å². The van der Waals surface area contributed by atoms with E-state index >= 15 is 0 Å². The lowest BCUT2D eigenvalue weighted by Gasteiger charge is -2.18. The second kappa shape index (κ2) is 3.92. The number of cyclic esters (lactones) is 1. The SMILES string of the molecule is CC1COC(=O)CC(C(C)C)C1. The van der Waals surface area contributed by atoms with Crippen LogP contribution in [0.4, 0.5) is 0 Å². The van der Waals surface area contributed by atoms with Crippen LogP contribution in [0.3, 0.4) is 0 Å². The maximum Gasteiger partial charge on any atom is 0.306 e. The second-order valence-electron chi connectivity index (χ2n) is 4.23. The summed E-state index contributed by atoms with van der Waals surface area (Å²) in [7, 11) is 0. The van der Waals surface area contributed by atoms with E-state index in [1.807, 2.05) is 0 Å². The third kappa shape index (κ3) is 2.50. The molecule has 2 unspecified atom stereocenters. The summed E-state index contributed by atoms with van der Waals surface area (Å²) >= 11 is 0. The average molecular weight is 170 g/mol. The van der Waals surface area contributed by atoms with E-state index in [4.69, 9.17) is 4.74 Å². The Morgan fingerprint density at radius 1 is 1.50 bits per heavy atom. The molecule has 1 saturated heterocycles. The lowest BCUT2D eigenvalue weighted by Crippen LogP contribution is -2.13. The van der Waals surface area contributed by atoms with Crippen LogP contribution >= 0.6 is 0 Å². The molecule has 1 heterocycles. The molecular weight excluding hydrogens is 152 g/mol. The Bertz CT molecular complexity index is 163. The van der Waals surface area contributed by atoms with Crippen LogP contribution in [0.1, 0.15) is 33.6 Å². The molecular formula is C10H18O2. The fraction of sp³-hybridized carbons (Fsp3) is 0.900. The van der Waals surface area contributed by atoms with Crippen molar-refractivity contribution < 1.29 is 9.53 Å². The molecule has 1 aliphatic heterocycles. The number of hydrogen-bond acceptors (Lipinski definition) is 2. The molecule has 1 fully saturated rings. The van der Waals surface area contributed by atoms with Crippen molar-refractivity contribution in [3.63, 3.8) is 0 Å². The zero-order chi connectivity index (χ0) is 9.14. The first-order valence-electron chi connectivity index (χ1n) is 4.75. The van der Waals surface area contributed by atoms with E-state index in [9.17, 15) is 4.79 Å². The van der Waals surface area contributed by atoms with Gasteiger partial charge >= 0.3 is 5.97 Å². The van der Waals surface area contributed by atoms with Gasteiger partial charge < -0.3 is 4.74 Å². The summed E-state index contributed by atoms with van der Waals surface area (Å²) < 4.78 is 5.06. The first-order chi connectivity index (χ1) is 5.59. The van der Waals surface area contributed by atoms with Crippen LogP contribution < -0.4 is 0 Å². The summed E-state index contributed by atoms with van der Waals surface area (Å²) in [6.07, 6.45) is 1.74. The predicted octanol–water partition coefficient (Wildman–Crippen LogP) is 2.23. The minimum atomic E-state index is -0.0157. The van der Waals surface area contributed by atoms with Gasteiger partial charge in [-0.2, -0.15) is 0 Å². The van der Waals surface area contributed by atoms with Crippen molar-refractivity contribution in [1.29, 1.82) is 0 Å². The third-order valence-corrected chi connectivity index (χ3v) is 2.61. The normalized spacial score (nSPS) is 31.5. The Morgan fingerprint density at radius 2 is 2.17 bits per heavy atom. The zero-order valence-electron chi connectivity index (χ0n) is 8.17. The molecule has 0 radical (unpaired) electrons. The molecule has 2 atom stereocenters. The van der Waals surface area contributed by atoms with E-state index in [0.717, 1.165) is 6.42 Å². The van der Waals surface area contributed by atoms with Crippen molar-refractivity contribution in [1.82, 2.24) is 0 Å². The molecule has 0 aromatic carbocycles. The van der Waals surface area contributed by atoms with Gasteiger partial charge in [0.15, 0.2) is 0 Å². The van der Waals surface area contributed by atoms with Crippen molar-refractivity contribution in [2.75, 3.05) is 6.61 Å². The molecule has 0 bridgehead atoms. The van der Waals surface area contributed by atoms with Gasteiger partial charge in [-0.15, -0.1) is 0 Å². The molecule has 0 saturated carbocycles. The van der Waals surface area contributed by atoms with Gasteiger partial charge in [0.2, 0.25) is 0 Å². The number of carbonyl (C=O) groups excluding carboxylic acids is 1. The van der Waals surface area contributed by atoms with E-state index in [1.165, 1.54) is 0 Å². The summed E-state index contributed by atoms with van der Waals surface area (Å²) in [5, 5.41) is 0. The highest BCUT2D eigenvalue weighted by Gasteiger charge is 2.24. The summed E-state index contributed by atoms with van der Waals surface area (Å²) in [5.41, 5.74) is 0. The van der Waals surface area contributed by atoms with Crippen LogP contribution in [0.15, 0.2) is 0 Å². The Morgan fingerprint density at radius 3 is 2.75 bits per heavy atom. The van der Waals surface area contributed by atoms with Crippen LogP contribution in [-0.4, -0.2) is 12.6 Å². The molecule has 12 heavy (non-hydrogen) atoms. The lowest BCUT2D eigenvalue weighted by atomic mass is 9.86. The van der Waals surface area contributed by atoms with E-state index in [-0.39, 0.29) is 5.97 Å². The Hall–Kier alpha value is -0.530. The maximum atomic E-state index is 11.1. The Labute approximate surface area is 74.3 Å². The Kier molecular flexibility index (Phi) is 3.12. The topological polar surface area (TPSA) is 26.3 Å². The smallest absolute Gasteiger partial charge is 0.306 e. The van der Waals surface area contributed by atoms with Crippen molar-refractivity contribution in [2.45, 2.75) is 33.6 Å². The van der Waals surface area contributed by atoms with Crippen molar-refractivity contribution in [2.24, 2.45) is 17.8 Å². The van der Waals surface area contributed by atoms with Crippen molar-refractivity contribution in [3.8, 4) is 0 Å². The van der Waals surface area contributed by atoms with E-state index in [0.29, 0.717) is 30.8 Å². The fourth-order valence-corrected chi connectivity index (χ4v) is 1.68. The predicted molar refractivity (Wildman–Crippen MR) is 47.7 cm³/mol. The Balaban J connectivity index is 2.55. The minimum Gasteiger partial charge on any atom is -0.465 e. The van der Waals surface area contributed by atoms with Crippen LogP contribution in [0.25, 0.3) is 0 Å². The minimum absolute atomic E-state index is 0.0157. The van der Waals surface area contributed by atoms with Crippen molar-refractivity contribution in [3.05, 3.63) is 0 Å². The molecule has 0 aromatic heterocycles. The third-order valence-electron chi connectivity index (χ3n) is 2.61. The number of rotatable bonds is 1. The van der Waals surface area contributed by atoms with Crippen LogP contribution in [0, 0.1) is 17.8 Å². The quantitative estimate of drug-likeness (QED) is 0.564. The average Bonchev–Trinajstić information content (AvgIpc) is 2.13. The number of hydrogen-bond donors (Lipinski definition) is 0. The molecule has 0 aliphatic carbocycles. The first-order valence-corrected chi connectivity index (χ1v) is 4.75. The summed E-state index contributed by atoms with van der Waals surface area (Å²) in [6.45, 7) is 7.11. The van der Waals surface area contributed by atoms with Crippen LogP contribution in [-0.2, 0) is 9.53 Å². The molecule has 1 aliphatic rings. The molecule has 1 rings (SSSR count). The highest BCUT2D eigenvalue weighted by Crippen LogP contribution is 2.26. The highest BCUT2D eigenvalue weighted by molar-refractivity contribution is 5.69. The molecule has 0 N–H and O–H groups in total. The van der Waals surface area contributed by atoms with Gasteiger partial charge in [-0.25, -0.2) is 0 Å². The number of ether oxygens (including phenoxy) is 1. The van der Waals surface area contributed by atoms with E-state index < -0.39 is 0 Å². The van der Waals surface area contributed by atoms with Gasteiger partial charge in [-0.1, -0.05) is 20.8 Å². The first kappa shape index (κ1) is 9.56. The number of carbonyl (C=O) groups is 1. The number of esters is 1. The summed E-state index contributed by atoms with van der Waals surface area (Å²) in [5.74, 6) is 1.63. The lowest BCUT2D eigenvalue weighted by molar-refractivity contribution is -0.144. The summed E-state index contributed by atoms with van der Waals surface area (Å²) in [4.78, 5) is 11.1. The van der Waals surface area contributed by atoms with E-state index in [2.05, 4.69) is 20.8 Å². The maximum absolute atomic E-state index is 11.1. The molecule has 0 spiro atoms. The van der Waals surface area contributed by atoms with Gasteiger partial charge in [0.05, 0.1) is 6.61 Å². The molecule has 2 nitrogen and oxygen atoms in total. The molecule has 2 heteroatoms. The summed E-state index contributed by atoms with van der Waals surface area (Å²) in [6, 6.07) is 0. The highest BCUT2D eigenvalue weighted by atomic mass is 16.5. The van der Waals surface area contributed by atoms with Gasteiger partial charge in [0.25, 0.3) is 0 Å². The molecule has 0 amide bonds. The van der Waals surface area contributed by atoms with Crippen LogP contribution in [0.2, 0.25) is 0 Å².